The number of nitrogens with zero attached hydrogens (tertiary/aromatic N) is 1. The monoisotopic (exact) mass is 427 g/mol. The predicted molar refractivity (Wildman–Crippen MR) is 103 cm³/mol. The number of thiophene rings is 1. The van der Waals surface area contributed by atoms with E-state index in [2.05, 4.69) is 5.16 Å². The molecule has 0 spiro atoms. The van der Waals surface area contributed by atoms with Crippen LogP contribution in [0, 0.1) is 0 Å². The van der Waals surface area contributed by atoms with Gasteiger partial charge in [0.05, 0.1) is 11.8 Å². The van der Waals surface area contributed by atoms with Crippen molar-refractivity contribution >= 4 is 28.3 Å². The van der Waals surface area contributed by atoms with E-state index in [1.54, 1.807) is 11.4 Å². The Labute approximate surface area is 169 Å². The number of hydrogen-bond donors (Lipinski definition) is 1. The van der Waals surface area contributed by atoms with Gasteiger partial charge in [0.1, 0.15) is 5.75 Å². The van der Waals surface area contributed by atoms with E-state index in [1.807, 2.05) is 13.8 Å². The van der Waals surface area contributed by atoms with Gasteiger partial charge in [0.15, 0.2) is 16.3 Å². The molecule has 0 fully saturated rings. The zero-order valence-electron chi connectivity index (χ0n) is 15.9. The molecule has 0 radical (unpaired) electrons. The standard InChI is InChI=1S/C20H20F3NO4S/c1-3-5-11-9-14-17(28-24-18(14)20(21,22)23)13(6-4-2)16(11)27-19-12(7-8-29-19)10-15(25)26/h7-9H,3-6,10H2,1-2H3,(H,25,26). The van der Waals surface area contributed by atoms with E-state index in [0.717, 1.165) is 0 Å². The van der Waals surface area contributed by atoms with Crippen LogP contribution in [0.3, 0.4) is 0 Å². The fourth-order valence-corrected chi connectivity index (χ4v) is 4.03. The van der Waals surface area contributed by atoms with Crippen LogP contribution >= 0.6 is 11.3 Å². The maximum Gasteiger partial charge on any atom is 0.437 e. The van der Waals surface area contributed by atoms with E-state index < -0.39 is 17.8 Å². The predicted octanol–water partition coefficient (Wildman–Crippen LogP) is 6.23. The lowest BCUT2D eigenvalue weighted by Gasteiger charge is -2.16. The SMILES string of the molecule is CCCc1cc2c(C(F)(F)F)noc2c(CCC)c1Oc1sccc1CC(=O)O. The van der Waals surface area contributed by atoms with Gasteiger partial charge in [-0.3, -0.25) is 4.79 Å². The average Bonchev–Trinajstić information content (AvgIpc) is 3.24. The quantitative estimate of drug-likeness (QED) is 0.461. The van der Waals surface area contributed by atoms with Crippen molar-refractivity contribution in [2.75, 3.05) is 0 Å². The van der Waals surface area contributed by atoms with Gasteiger partial charge < -0.3 is 14.4 Å². The largest absolute Gasteiger partial charge is 0.481 e. The number of carboxylic acid groups (broad SMARTS) is 1. The Morgan fingerprint density at radius 1 is 1.24 bits per heavy atom. The Hall–Kier alpha value is -2.55. The molecular weight excluding hydrogens is 407 g/mol. The molecule has 0 saturated heterocycles. The highest BCUT2D eigenvalue weighted by molar-refractivity contribution is 7.12. The lowest BCUT2D eigenvalue weighted by atomic mass is 9.97. The summed E-state index contributed by atoms with van der Waals surface area (Å²) in [5.41, 5.74) is 0.667. The number of aryl methyl sites for hydroxylation is 2. The molecule has 29 heavy (non-hydrogen) atoms. The first-order valence-electron chi connectivity index (χ1n) is 9.23. The van der Waals surface area contributed by atoms with Crippen LogP contribution in [-0.4, -0.2) is 16.2 Å². The Balaban J connectivity index is 2.19. The number of ether oxygens (including phenoxy) is 1. The molecule has 9 heteroatoms. The number of fused-ring (bicyclic) bond motifs is 1. The molecule has 2 heterocycles. The van der Waals surface area contributed by atoms with Gasteiger partial charge in [0, 0.05) is 11.1 Å². The van der Waals surface area contributed by atoms with E-state index in [0.29, 0.717) is 53.2 Å². The van der Waals surface area contributed by atoms with Gasteiger partial charge in [-0.05, 0) is 35.9 Å². The molecule has 3 aromatic rings. The lowest BCUT2D eigenvalue weighted by Crippen LogP contribution is -2.06. The third-order valence-corrected chi connectivity index (χ3v) is 5.25. The van der Waals surface area contributed by atoms with Gasteiger partial charge in [-0.1, -0.05) is 31.8 Å². The molecule has 0 aliphatic heterocycles. The second-order valence-electron chi connectivity index (χ2n) is 6.65. The summed E-state index contributed by atoms with van der Waals surface area (Å²) in [6.45, 7) is 3.83. The van der Waals surface area contributed by atoms with E-state index >= 15 is 0 Å². The number of hydrogen-bond acceptors (Lipinski definition) is 5. The summed E-state index contributed by atoms with van der Waals surface area (Å²) in [5, 5.41) is 14.4. The molecule has 156 valence electrons. The van der Waals surface area contributed by atoms with E-state index in [9.17, 15) is 18.0 Å². The third kappa shape index (κ3) is 4.39. The van der Waals surface area contributed by atoms with Gasteiger partial charge >= 0.3 is 12.1 Å². The summed E-state index contributed by atoms with van der Waals surface area (Å²) in [6.07, 6.45) is -2.52. The first kappa shape index (κ1) is 21.2. The summed E-state index contributed by atoms with van der Waals surface area (Å²) in [6, 6.07) is 3.10. The number of alkyl halides is 3. The summed E-state index contributed by atoms with van der Waals surface area (Å²) in [7, 11) is 0. The van der Waals surface area contributed by atoms with Gasteiger partial charge in [-0.25, -0.2) is 0 Å². The number of halogens is 3. The first-order valence-corrected chi connectivity index (χ1v) is 10.1. The van der Waals surface area contributed by atoms with Crippen molar-refractivity contribution in [2.24, 2.45) is 0 Å². The molecular formula is C20H20F3NO4S. The summed E-state index contributed by atoms with van der Waals surface area (Å²) < 4.78 is 51.3. The van der Waals surface area contributed by atoms with E-state index in [1.165, 1.54) is 17.4 Å². The van der Waals surface area contributed by atoms with Crippen molar-refractivity contribution in [1.29, 1.82) is 0 Å². The van der Waals surface area contributed by atoms with E-state index in [-0.39, 0.29) is 17.4 Å². The highest BCUT2D eigenvalue weighted by atomic mass is 32.1. The van der Waals surface area contributed by atoms with Gasteiger partial charge in [0.2, 0.25) is 0 Å². The number of benzene rings is 1. The molecule has 3 rings (SSSR count). The second kappa shape index (κ2) is 8.44. The van der Waals surface area contributed by atoms with Crippen LogP contribution in [0.5, 0.6) is 10.8 Å². The van der Waals surface area contributed by atoms with Gasteiger partial charge in [-0.2, -0.15) is 13.2 Å². The molecule has 1 N–H and O–H groups in total. The van der Waals surface area contributed by atoms with Crippen LogP contribution in [0.4, 0.5) is 13.2 Å². The molecule has 0 aliphatic rings. The molecule has 1 aromatic carbocycles. The average molecular weight is 427 g/mol. The molecule has 0 amide bonds. The maximum absolute atomic E-state index is 13.4. The molecule has 0 saturated carbocycles. The number of rotatable bonds is 8. The van der Waals surface area contributed by atoms with Crippen molar-refractivity contribution < 1.29 is 32.3 Å². The minimum Gasteiger partial charge on any atom is -0.481 e. The zero-order chi connectivity index (χ0) is 21.2. The third-order valence-electron chi connectivity index (χ3n) is 4.42. The second-order valence-corrected chi connectivity index (χ2v) is 7.53. The molecule has 0 unspecified atom stereocenters. The summed E-state index contributed by atoms with van der Waals surface area (Å²) >= 11 is 1.24. The molecule has 0 atom stereocenters. The molecule has 0 bridgehead atoms. The minimum absolute atomic E-state index is 0.0605. The zero-order valence-corrected chi connectivity index (χ0v) is 16.7. The molecule has 2 aromatic heterocycles. The Bertz CT molecular complexity index is 1020. The van der Waals surface area contributed by atoms with Crippen LogP contribution < -0.4 is 4.74 Å². The number of aromatic nitrogens is 1. The summed E-state index contributed by atoms with van der Waals surface area (Å²) in [5.74, 6) is -0.559. The molecule has 0 aliphatic carbocycles. The van der Waals surface area contributed by atoms with Crippen molar-refractivity contribution in [3.8, 4) is 10.8 Å². The van der Waals surface area contributed by atoms with Crippen LogP contribution in [-0.2, 0) is 30.2 Å². The van der Waals surface area contributed by atoms with Gasteiger partial charge in [0.25, 0.3) is 0 Å². The van der Waals surface area contributed by atoms with Crippen molar-refractivity contribution in [3.63, 3.8) is 0 Å². The minimum atomic E-state index is -4.62. The van der Waals surface area contributed by atoms with Crippen molar-refractivity contribution in [1.82, 2.24) is 5.16 Å². The Morgan fingerprint density at radius 2 is 1.97 bits per heavy atom. The highest BCUT2D eigenvalue weighted by Gasteiger charge is 2.38. The fourth-order valence-electron chi connectivity index (χ4n) is 3.25. The van der Waals surface area contributed by atoms with Crippen LogP contribution in [0.15, 0.2) is 22.0 Å². The van der Waals surface area contributed by atoms with E-state index in [4.69, 9.17) is 14.4 Å². The molecule has 5 nitrogen and oxygen atoms in total. The highest BCUT2D eigenvalue weighted by Crippen LogP contribution is 2.43. The van der Waals surface area contributed by atoms with Crippen molar-refractivity contribution in [2.45, 2.75) is 52.1 Å². The first-order chi connectivity index (χ1) is 13.8. The van der Waals surface area contributed by atoms with Crippen LogP contribution in [0.2, 0.25) is 0 Å². The normalized spacial score (nSPS) is 11.9. The number of carbonyl (C=O) groups is 1. The lowest BCUT2D eigenvalue weighted by molar-refractivity contribution is -0.141. The van der Waals surface area contributed by atoms with Crippen LogP contribution in [0.25, 0.3) is 11.0 Å². The number of carboxylic acids is 1. The fraction of sp³-hybridized carbons (Fsp3) is 0.400. The topological polar surface area (TPSA) is 72.6 Å². The van der Waals surface area contributed by atoms with Crippen LogP contribution in [0.1, 0.15) is 49.1 Å². The summed E-state index contributed by atoms with van der Waals surface area (Å²) in [4.78, 5) is 11.1. The number of aliphatic carboxylic acids is 1. The smallest absolute Gasteiger partial charge is 0.437 e. The van der Waals surface area contributed by atoms with Gasteiger partial charge in [-0.15, -0.1) is 11.3 Å². The maximum atomic E-state index is 13.4. The Kier molecular flexibility index (Phi) is 6.16. The van der Waals surface area contributed by atoms with Crippen molar-refractivity contribution in [3.05, 3.63) is 39.9 Å². The Morgan fingerprint density at radius 3 is 2.59 bits per heavy atom.